The standard InChI is InChI=1S/C19H21IN6O5/c1-25(9-27)19(30-6-10-4-2-3-5-11(10)20)15-13(28)14(29)18(31-15)26-8-24-12-16(21)22-7-23-17(12)26/h2-5,7-9,13-15,18-19,28-29H,6H2,1H3,(H2,21,22,23)/t13-,14+,15-,18+,19?/m0/s1. The quantitative estimate of drug-likeness (QED) is 0.218. The maximum absolute atomic E-state index is 11.5. The molecule has 1 aliphatic rings. The van der Waals surface area contributed by atoms with Crippen molar-refractivity contribution in [2.45, 2.75) is 37.4 Å². The molecule has 0 aliphatic carbocycles. The number of hydrogen-bond acceptors (Lipinski definition) is 9. The molecule has 0 saturated carbocycles. The smallest absolute Gasteiger partial charge is 0.211 e. The van der Waals surface area contributed by atoms with Crippen LogP contribution in [0.25, 0.3) is 11.2 Å². The van der Waals surface area contributed by atoms with Crippen LogP contribution in [0.2, 0.25) is 0 Å². The average Bonchev–Trinajstić information content (AvgIpc) is 3.32. The predicted octanol–water partition coefficient (Wildman–Crippen LogP) is 0.263. The number of carbonyl (C=O) groups excluding carboxylic acids is 1. The first kappa shape index (κ1) is 21.8. The minimum atomic E-state index is -1.33. The Hall–Kier alpha value is -2.39. The number of ether oxygens (including phenoxy) is 2. The number of aliphatic hydroxyl groups is 2. The zero-order valence-corrected chi connectivity index (χ0v) is 18.6. The summed E-state index contributed by atoms with van der Waals surface area (Å²) < 4.78 is 14.4. The molecule has 1 aromatic carbocycles. The second-order valence-corrected chi connectivity index (χ2v) is 8.28. The van der Waals surface area contributed by atoms with E-state index in [-0.39, 0.29) is 12.4 Å². The second-order valence-electron chi connectivity index (χ2n) is 7.12. The molecule has 31 heavy (non-hydrogen) atoms. The zero-order valence-electron chi connectivity index (χ0n) is 16.4. The molecule has 1 aliphatic heterocycles. The van der Waals surface area contributed by atoms with Gasteiger partial charge in [0.2, 0.25) is 6.41 Å². The van der Waals surface area contributed by atoms with Crippen LogP contribution in [0.4, 0.5) is 5.82 Å². The summed E-state index contributed by atoms with van der Waals surface area (Å²) in [4.78, 5) is 25.0. The number of nitrogens with two attached hydrogens (primary N) is 1. The molecule has 11 nitrogen and oxygen atoms in total. The number of nitrogens with zero attached hydrogens (tertiary/aromatic N) is 5. The molecular formula is C19H21IN6O5. The lowest BCUT2D eigenvalue weighted by Gasteiger charge is -2.31. The highest BCUT2D eigenvalue weighted by Crippen LogP contribution is 2.34. The van der Waals surface area contributed by atoms with Crippen molar-refractivity contribution in [1.29, 1.82) is 0 Å². The van der Waals surface area contributed by atoms with Gasteiger partial charge in [-0.3, -0.25) is 9.36 Å². The molecule has 2 aromatic heterocycles. The first-order valence-corrected chi connectivity index (χ1v) is 10.5. The largest absolute Gasteiger partial charge is 0.387 e. The molecule has 3 aromatic rings. The summed E-state index contributed by atoms with van der Waals surface area (Å²) in [7, 11) is 1.52. The van der Waals surface area contributed by atoms with Gasteiger partial charge in [0, 0.05) is 10.6 Å². The maximum atomic E-state index is 11.5. The van der Waals surface area contributed by atoms with Gasteiger partial charge in [-0.1, -0.05) is 18.2 Å². The molecule has 0 radical (unpaired) electrons. The fourth-order valence-electron chi connectivity index (χ4n) is 3.50. The van der Waals surface area contributed by atoms with Gasteiger partial charge in [0.1, 0.15) is 30.2 Å². The van der Waals surface area contributed by atoms with Crippen molar-refractivity contribution >= 4 is 46.0 Å². The molecule has 0 bridgehead atoms. The third-order valence-electron chi connectivity index (χ3n) is 5.15. The van der Waals surface area contributed by atoms with Crippen LogP contribution >= 0.6 is 22.6 Å². The van der Waals surface area contributed by atoms with Gasteiger partial charge >= 0.3 is 0 Å². The van der Waals surface area contributed by atoms with Crippen molar-refractivity contribution in [2.75, 3.05) is 12.8 Å². The van der Waals surface area contributed by atoms with Crippen LogP contribution in [0.5, 0.6) is 0 Å². The van der Waals surface area contributed by atoms with E-state index in [1.54, 1.807) is 0 Å². The normalized spacial score (nSPS) is 24.4. The first-order valence-electron chi connectivity index (χ1n) is 9.39. The van der Waals surface area contributed by atoms with E-state index in [1.165, 1.54) is 29.2 Å². The fraction of sp³-hybridized carbons (Fsp3) is 0.368. The number of carbonyl (C=O) groups is 1. The van der Waals surface area contributed by atoms with Crippen molar-refractivity contribution < 1.29 is 24.5 Å². The van der Waals surface area contributed by atoms with E-state index >= 15 is 0 Å². The van der Waals surface area contributed by atoms with Crippen molar-refractivity contribution in [3.63, 3.8) is 0 Å². The number of likely N-dealkylation sites (N-methyl/N-ethyl adjacent to an activating group) is 1. The van der Waals surface area contributed by atoms with Crippen molar-refractivity contribution in [2.24, 2.45) is 0 Å². The van der Waals surface area contributed by atoms with Crippen LogP contribution in [-0.4, -0.2) is 72.6 Å². The number of halogens is 1. The third-order valence-corrected chi connectivity index (χ3v) is 6.21. The van der Waals surface area contributed by atoms with E-state index in [0.717, 1.165) is 9.13 Å². The van der Waals surface area contributed by atoms with Crippen LogP contribution < -0.4 is 5.73 Å². The number of hydrogen-bond donors (Lipinski definition) is 3. The van der Waals surface area contributed by atoms with Crippen LogP contribution in [0, 0.1) is 3.57 Å². The van der Waals surface area contributed by atoms with E-state index in [2.05, 4.69) is 37.5 Å². The van der Waals surface area contributed by atoms with E-state index in [9.17, 15) is 15.0 Å². The molecule has 1 unspecified atom stereocenters. The molecule has 0 spiro atoms. The third kappa shape index (κ3) is 4.08. The highest BCUT2D eigenvalue weighted by atomic mass is 127. The van der Waals surface area contributed by atoms with Gasteiger partial charge in [-0.05, 0) is 34.2 Å². The summed E-state index contributed by atoms with van der Waals surface area (Å²) in [5.41, 5.74) is 7.45. The highest BCUT2D eigenvalue weighted by Gasteiger charge is 2.49. The average molecular weight is 540 g/mol. The minimum absolute atomic E-state index is 0.188. The fourth-order valence-corrected chi connectivity index (χ4v) is 4.05. The summed E-state index contributed by atoms with van der Waals surface area (Å²) >= 11 is 2.19. The van der Waals surface area contributed by atoms with Crippen LogP contribution in [-0.2, 0) is 20.9 Å². The number of aliphatic hydroxyl groups excluding tert-OH is 2. The minimum Gasteiger partial charge on any atom is -0.387 e. The van der Waals surface area contributed by atoms with Crippen LogP contribution in [0.1, 0.15) is 11.8 Å². The molecular weight excluding hydrogens is 519 g/mol. The molecule has 1 fully saturated rings. The Kier molecular flexibility index (Phi) is 6.34. The molecule has 1 amide bonds. The molecule has 12 heteroatoms. The Balaban J connectivity index is 1.59. The number of imidazole rings is 1. The first-order chi connectivity index (χ1) is 14.9. The van der Waals surface area contributed by atoms with Gasteiger partial charge < -0.3 is 30.3 Å². The van der Waals surface area contributed by atoms with Gasteiger partial charge in [-0.2, -0.15) is 0 Å². The van der Waals surface area contributed by atoms with E-state index in [1.807, 2.05) is 24.3 Å². The van der Waals surface area contributed by atoms with Crippen LogP contribution in [0.15, 0.2) is 36.9 Å². The lowest BCUT2D eigenvalue weighted by Crippen LogP contribution is -2.48. The van der Waals surface area contributed by atoms with Crippen molar-refractivity contribution in [3.8, 4) is 0 Å². The Morgan fingerprint density at radius 2 is 2.10 bits per heavy atom. The monoisotopic (exact) mass is 540 g/mol. The van der Waals surface area contributed by atoms with E-state index < -0.39 is 30.8 Å². The van der Waals surface area contributed by atoms with Gasteiger partial charge in [0.15, 0.2) is 23.9 Å². The number of anilines is 1. The summed E-state index contributed by atoms with van der Waals surface area (Å²) in [5.74, 6) is 0.188. The van der Waals surface area contributed by atoms with Crippen molar-refractivity contribution in [1.82, 2.24) is 24.4 Å². The van der Waals surface area contributed by atoms with Gasteiger partial charge in [-0.25, -0.2) is 15.0 Å². The topological polar surface area (TPSA) is 149 Å². The Bertz CT molecular complexity index is 1080. The number of fused-ring (bicyclic) bond motifs is 1. The number of benzene rings is 1. The predicted molar refractivity (Wildman–Crippen MR) is 117 cm³/mol. The van der Waals surface area contributed by atoms with Gasteiger partial charge in [0.25, 0.3) is 0 Å². The number of nitrogen functional groups attached to an aromatic ring is 1. The second kappa shape index (κ2) is 9.00. The van der Waals surface area contributed by atoms with E-state index in [4.69, 9.17) is 15.2 Å². The Morgan fingerprint density at radius 3 is 2.84 bits per heavy atom. The molecule has 4 N–H and O–H groups in total. The maximum Gasteiger partial charge on any atom is 0.211 e. The van der Waals surface area contributed by atoms with E-state index in [0.29, 0.717) is 17.6 Å². The summed E-state index contributed by atoms with van der Waals surface area (Å²) in [6, 6.07) is 7.65. The Labute approximate surface area is 191 Å². The summed E-state index contributed by atoms with van der Waals surface area (Å²) in [5, 5.41) is 21.4. The lowest BCUT2D eigenvalue weighted by molar-refractivity contribution is -0.169. The number of aromatic nitrogens is 4. The highest BCUT2D eigenvalue weighted by molar-refractivity contribution is 14.1. The summed E-state index contributed by atoms with van der Waals surface area (Å²) in [6.45, 7) is 0.188. The zero-order chi connectivity index (χ0) is 22.1. The molecule has 5 atom stereocenters. The van der Waals surface area contributed by atoms with Gasteiger partial charge in [-0.15, -0.1) is 0 Å². The molecule has 3 heterocycles. The van der Waals surface area contributed by atoms with Gasteiger partial charge in [0.05, 0.1) is 12.9 Å². The SMILES string of the molecule is CN(C=O)C(OCc1ccccc1I)[C@H]1O[C@@H](n2cnc3c(N)ncnc32)[C@H](O)[C@@H]1O. The molecule has 4 rings (SSSR count). The Morgan fingerprint density at radius 1 is 1.32 bits per heavy atom. The van der Waals surface area contributed by atoms with Crippen LogP contribution in [0.3, 0.4) is 0 Å². The number of rotatable bonds is 7. The molecule has 164 valence electrons. The molecule has 1 saturated heterocycles. The summed E-state index contributed by atoms with van der Waals surface area (Å²) in [6.07, 6.45) is -2.36. The van der Waals surface area contributed by atoms with Crippen molar-refractivity contribution in [3.05, 3.63) is 46.1 Å². The lowest BCUT2D eigenvalue weighted by atomic mass is 10.1. The number of amides is 1.